The monoisotopic (exact) mass is 553 g/mol. The van der Waals surface area contributed by atoms with Crippen molar-refractivity contribution in [3.8, 4) is 0 Å². The molecule has 40 heavy (non-hydrogen) atoms. The summed E-state index contributed by atoms with van der Waals surface area (Å²) in [6.07, 6.45) is 1.10. The van der Waals surface area contributed by atoms with Crippen LogP contribution < -0.4 is 10.2 Å². The number of hydrogen-bond donors (Lipinski definition) is 1. The Hall–Kier alpha value is -4.16. The third kappa shape index (κ3) is 5.73. The smallest absolute Gasteiger partial charge is 0.259 e. The highest BCUT2D eigenvalue weighted by Crippen LogP contribution is 2.37. The largest absolute Gasteiger partial charge is 0.352 e. The lowest BCUT2D eigenvalue weighted by molar-refractivity contribution is -0.140. The van der Waals surface area contributed by atoms with Gasteiger partial charge >= 0.3 is 0 Å². The third-order valence-corrected chi connectivity index (χ3v) is 7.73. The first-order valence-corrected chi connectivity index (χ1v) is 13.9. The van der Waals surface area contributed by atoms with Gasteiger partial charge in [0.05, 0.1) is 5.69 Å². The van der Waals surface area contributed by atoms with Crippen molar-refractivity contribution in [1.82, 2.24) is 10.2 Å². The molecule has 5 rings (SSSR count). The van der Waals surface area contributed by atoms with E-state index < -0.39 is 6.04 Å². The summed E-state index contributed by atoms with van der Waals surface area (Å²) in [7, 11) is 0. The van der Waals surface area contributed by atoms with Crippen LogP contribution in [-0.2, 0) is 22.6 Å². The number of benzene rings is 4. The van der Waals surface area contributed by atoms with Crippen molar-refractivity contribution in [2.24, 2.45) is 0 Å². The maximum Gasteiger partial charge on any atom is 0.259 e. The number of nitrogens with zero attached hydrogens (tertiary/aromatic N) is 2. The van der Waals surface area contributed by atoms with E-state index in [1.54, 1.807) is 23.1 Å². The quantitative estimate of drug-likeness (QED) is 0.261. The molecule has 0 saturated heterocycles. The molecule has 4 aromatic rings. The third-order valence-electron chi connectivity index (χ3n) is 7.48. The second-order valence-electron chi connectivity index (χ2n) is 10.2. The number of rotatable bonds is 10. The van der Waals surface area contributed by atoms with Crippen LogP contribution in [0, 0.1) is 0 Å². The fraction of sp³-hybridized carbons (Fsp3) is 0.242. The number of amides is 3. The van der Waals surface area contributed by atoms with E-state index in [1.807, 2.05) is 86.6 Å². The van der Waals surface area contributed by atoms with E-state index in [1.165, 1.54) is 4.90 Å². The van der Waals surface area contributed by atoms with E-state index in [0.29, 0.717) is 22.7 Å². The molecule has 0 aliphatic carbocycles. The average Bonchev–Trinajstić information content (AvgIpc) is 3.24. The highest BCUT2D eigenvalue weighted by atomic mass is 35.5. The van der Waals surface area contributed by atoms with Crippen molar-refractivity contribution >= 4 is 45.8 Å². The van der Waals surface area contributed by atoms with Crippen LogP contribution in [0.2, 0.25) is 5.02 Å². The first-order chi connectivity index (χ1) is 19.4. The van der Waals surface area contributed by atoms with Crippen molar-refractivity contribution in [2.45, 2.75) is 45.3 Å². The van der Waals surface area contributed by atoms with Gasteiger partial charge in [-0.25, -0.2) is 0 Å². The minimum atomic E-state index is -0.782. The number of halogens is 1. The normalized spacial score (nSPS) is 13.8. The highest BCUT2D eigenvalue weighted by molar-refractivity contribution is 6.30. The molecule has 0 unspecified atom stereocenters. The Bertz CT molecular complexity index is 1530. The SMILES string of the molecule is CC[C@H](C)NC(=O)[C@H](Cc1ccccc1)N(Cc1ccc(Cl)cc1)C(=O)CN1C(=O)c2cccc3cccc1c23. The number of carbonyl (C=O) groups excluding carboxylic acids is 3. The van der Waals surface area contributed by atoms with E-state index in [-0.39, 0.29) is 36.9 Å². The van der Waals surface area contributed by atoms with Gasteiger partial charge < -0.3 is 10.2 Å². The van der Waals surface area contributed by atoms with E-state index in [4.69, 9.17) is 11.6 Å². The molecule has 0 bridgehead atoms. The predicted octanol–water partition coefficient (Wildman–Crippen LogP) is 6.01. The molecule has 1 N–H and O–H groups in total. The van der Waals surface area contributed by atoms with E-state index in [2.05, 4.69) is 5.32 Å². The highest BCUT2D eigenvalue weighted by Gasteiger charge is 2.36. The van der Waals surface area contributed by atoms with Crippen molar-refractivity contribution in [1.29, 1.82) is 0 Å². The summed E-state index contributed by atoms with van der Waals surface area (Å²) in [5.41, 5.74) is 3.07. The average molecular weight is 554 g/mol. The van der Waals surface area contributed by atoms with Crippen LogP contribution in [0.15, 0.2) is 91.0 Å². The van der Waals surface area contributed by atoms with Gasteiger partial charge in [-0.05, 0) is 54.1 Å². The number of nitrogens with one attached hydrogen (secondary N) is 1. The molecule has 7 heteroatoms. The Kier molecular flexibility index (Phi) is 8.17. The van der Waals surface area contributed by atoms with Gasteiger partial charge in [0.2, 0.25) is 11.8 Å². The Morgan fingerprint density at radius 1 is 0.900 bits per heavy atom. The second-order valence-corrected chi connectivity index (χ2v) is 10.7. The molecule has 0 radical (unpaired) electrons. The van der Waals surface area contributed by atoms with Gasteiger partial charge in [-0.1, -0.05) is 85.3 Å². The summed E-state index contributed by atoms with van der Waals surface area (Å²) in [4.78, 5) is 44.5. The van der Waals surface area contributed by atoms with Gasteiger partial charge in [-0.15, -0.1) is 0 Å². The van der Waals surface area contributed by atoms with Crippen LogP contribution in [0.4, 0.5) is 5.69 Å². The molecule has 0 fully saturated rings. The molecule has 1 aliphatic heterocycles. The Balaban J connectivity index is 1.51. The molecular weight excluding hydrogens is 522 g/mol. The minimum absolute atomic E-state index is 0.0504. The van der Waals surface area contributed by atoms with E-state index in [0.717, 1.165) is 28.3 Å². The maximum atomic E-state index is 14.2. The summed E-state index contributed by atoms with van der Waals surface area (Å²) >= 11 is 6.13. The molecule has 3 amide bonds. The Morgan fingerprint density at radius 3 is 2.30 bits per heavy atom. The molecule has 204 valence electrons. The van der Waals surface area contributed by atoms with Crippen LogP contribution in [0.1, 0.15) is 41.8 Å². The van der Waals surface area contributed by atoms with Gasteiger partial charge in [0.15, 0.2) is 0 Å². The first-order valence-electron chi connectivity index (χ1n) is 13.6. The molecule has 4 aromatic carbocycles. The van der Waals surface area contributed by atoms with Crippen LogP contribution in [-0.4, -0.2) is 41.2 Å². The van der Waals surface area contributed by atoms with E-state index in [9.17, 15) is 14.4 Å². The predicted molar refractivity (Wildman–Crippen MR) is 159 cm³/mol. The number of carbonyl (C=O) groups is 3. The molecule has 0 aromatic heterocycles. The lowest BCUT2D eigenvalue weighted by Gasteiger charge is -2.33. The summed E-state index contributed by atoms with van der Waals surface area (Å²) in [5, 5.41) is 5.47. The topological polar surface area (TPSA) is 69.7 Å². The molecular formula is C33H32ClN3O3. The number of hydrogen-bond acceptors (Lipinski definition) is 3. The minimum Gasteiger partial charge on any atom is -0.352 e. The lowest BCUT2D eigenvalue weighted by atomic mass is 10.0. The molecule has 0 saturated carbocycles. The molecule has 6 nitrogen and oxygen atoms in total. The zero-order valence-electron chi connectivity index (χ0n) is 22.6. The summed E-state index contributed by atoms with van der Waals surface area (Å²) < 4.78 is 0. The Morgan fingerprint density at radius 2 is 1.60 bits per heavy atom. The molecule has 0 spiro atoms. The summed E-state index contributed by atoms with van der Waals surface area (Å²) in [6.45, 7) is 3.97. The van der Waals surface area contributed by atoms with Crippen LogP contribution in [0.3, 0.4) is 0 Å². The Labute approximate surface area is 239 Å². The maximum absolute atomic E-state index is 14.2. The fourth-order valence-electron chi connectivity index (χ4n) is 5.14. The standard InChI is InChI=1S/C33H32ClN3O3/c1-3-22(2)35-32(39)29(19-23-9-5-4-6-10-23)36(20-24-15-17-26(34)18-16-24)30(38)21-37-28-14-8-12-25-11-7-13-27(31(25)28)33(37)40/h4-18,22,29H,3,19-21H2,1-2H3,(H,35,39)/t22-,29-/m0/s1. The van der Waals surface area contributed by atoms with Crippen LogP contribution >= 0.6 is 11.6 Å². The zero-order chi connectivity index (χ0) is 28.2. The van der Waals surface area contributed by atoms with Gasteiger partial charge in [0, 0.05) is 35.0 Å². The van der Waals surface area contributed by atoms with Crippen molar-refractivity contribution in [2.75, 3.05) is 11.4 Å². The molecule has 2 atom stereocenters. The van der Waals surface area contributed by atoms with Gasteiger partial charge in [-0.3, -0.25) is 19.3 Å². The summed E-state index contributed by atoms with van der Waals surface area (Å²) in [5.74, 6) is -0.748. The van der Waals surface area contributed by atoms with Crippen molar-refractivity contribution in [3.05, 3.63) is 113 Å². The summed E-state index contributed by atoms with van der Waals surface area (Å²) in [6, 6.07) is 27.4. The van der Waals surface area contributed by atoms with Crippen LogP contribution in [0.5, 0.6) is 0 Å². The van der Waals surface area contributed by atoms with Crippen LogP contribution in [0.25, 0.3) is 10.8 Å². The van der Waals surface area contributed by atoms with Gasteiger partial charge in [-0.2, -0.15) is 0 Å². The molecule has 1 aliphatic rings. The first kappa shape index (κ1) is 27.4. The van der Waals surface area contributed by atoms with Gasteiger partial charge in [0.1, 0.15) is 12.6 Å². The van der Waals surface area contributed by atoms with Crippen molar-refractivity contribution < 1.29 is 14.4 Å². The lowest BCUT2D eigenvalue weighted by Crippen LogP contribution is -2.54. The number of anilines is 1. The van der Waals surface area contributed by atoms with Crippen molar-refractivity contribution in [3.63, 3.8) is 0 Å². The zero-order valence-corrected chi connectivity index (χ0v) is 23.4. The van der Waals surface area contributed by atoms with E-state index >= 15 is 0 Å². The second kappa shape index (κ2) is 11.9. The van der Waals surface area contributed by atoms with Gasteiger partial charge in [0.25, 0.3) is 5.91 Å². The molecule has 1 heterocycles. The fourth-order valence-corrected chi connectivity index (χ4v) is 5.27.